The molecular weight excluding hydrogens is 452 g/mol. The van der Waals surface area contributed by atoms with Crippen LogP contribution in [0.3, 0.4) is 0 Å². The Morgan fingerprint density at radius 1 is 0.694 bits per heavy atom. The van der Waals surface area contributed by atoms with Crippen LogP contribution in [0.2, 0.25) is 0 Å². The smallest absolute Gasteiger partial charge is 0.311 e. The molecule has 1 aromatic rings. The Kier molecular flexibility index (Phi) is 15.7. The summed E-state index contributed by atoms with van der Waals surface area (Å²) in [5.41, 5.74) is 0.0207. The van der Waals surface area contributed by atoms with Crippen LogP contribution in [0.15, 0.2) is 30.3 Å². The van der Waals surface area contributed by atoms with Crippen LogP contribution in [0, 0.1) is 16.7 Å². The number of rotatable bonds is 20. The predicted octanol–water partition coefficient (Wildman–Crippen LogP) is 7.90. The molecule has 0 aromatic heterocycles. The standard InChI is InChI=1S/C31H52O5/c1-7-9-11-16-20-30(3,4)28(32)35-24-27(23-34-22-26-18-14-13-15-19-26)25-36-29(33)31(5,6)21-17-12-10-8-2/h13-15,18-19,27H,7-12,16-17,20-25H2,1-6H3. The fraction of sp³-hybridized carbons (Fsp3) is 0.742. The summed E-state index contributed by atoms with van der Waals surface area (Å²) >= 11 is 0. The van der Waals surface area contributed by atoms with Crippen molar-refractivity contribution in [3.05, 3.63) is 35.9 Å². The molecule has 0 amide bonds. The molecule has 5 heteroatoms. The third-order valence-corrected chi connectivity index (χ3v) is 6.78. The van der Waals surface area contributed by atoms with Gasteiger partial charge in [-0.25, -0.2) is 0 Å². The molecule has 0 heterocycles. The van der Waals surface area contributed by atoms with Crippen molar-refractivity contribution in [3.8, 4) is 0 Å². The highest BCUT2D eigenvalue weighted by atomic mass is 16.6. The van der Waals surface area contributed by atoms with Gasteiger partial charge in [0.25, 0.3) is 0 Å². The van der Waals surface area contributed by atoms with Crippen molar-refractivity contribution >= 4 is 11.9 Å². The molecule has 206 valence electrons. The van der Waals surface area contributed by atoms with Crippen molar-refractivity contribution in [3.63, 3.8) is 0 Å². The fourth-order valence-corrected chi connectivity index (χ4v) is 4.03. The van der Waals surface area contributed by atoms with E-state index in [1.807, 2.05) is 58.0 Å². The third-order valence-electron chi connectivity index (χ3n) is 6.78. The van der Waals surface area contributed by atoms with Crippen molar-refractivity contribution in [2.45, 2.75) is 112 Å². The Morgan fingerprint density at radius 3 is 1.61 bits per heavy atom. The van der Waals surface area contributed by atoms with Crippen LogP contribution in [-0.2, 0) is 30.4 Å². The first-order chi connectivity index (χ1) is 17.1. The number of unbranched alkanes of at least 4 members (excludes halogenated alkanes) is 6. The van der Waals surface area contributed by atoms with E-state index in [0.717, 1.165) is 44.1 Å². The molecule has 0 aliphatic carbocycles. The van der Waals surface area contributed by atoms with E-state index in [1.54, 1.807) is 0 Å². The summed E-state index contributed by atoms with van der Waals surface area (Å²) in [6.07, 6.45) is 10.6. The second-order valence-electron chi connectivity index (χ2n) is 11.5. The molecule has 0 spiro atoms. The van der Waals surface area contributed by atoms with E-state index in [-0.39, 0.29) is 31.1 Å². The molecule has 1 rings (SSSR count). The van der Waals surface area contributed by atoms with E-state index >= 15 is 0 Å². The zero-order chi connectivity index (χ0) is 26.9. The lowest BCUT2D eigenvalue weighted by Crippen LogP contribution is -2.33. The second kappa shape index (κ2) is 17.6. The number of carbonyl (C=O) groups excluding carboxylic acids is 2. The van der Waals surface area contributed by atoms with Crippen LogP contribution in [0.4, 0.5) is 0 Å². The Balaban J connectivity index is 2.64. The van der Waals surface area contributed by atoms with Crippen molar-refractivity contribution in [1.29, 1.82) is 0 Å². The number of hydrogen-bond donors (Lipinski definition) is 0. The van der Waals surface area contributed by atoms with E-state index in [0.29, 0.717) is 13.2 Å². The Hall–Kier alpha value is -1.88. The molecule has 1 aromatic carbocycles. The first-order valence-corrected chi connectivity index (χ1v) is 14.1. The largest absolute Gasteiger partial charge is 0.465 e. The van der Waals surface area contributed by atoms with Crippen LogP contribution in [0.1, 0.15) is 111 Å². The van der Waals surface area contributed by atoms with Crippen LogP contribution in [0.5, 0.6) is 0 Å². The average Bonchev–Trinajstić information content (AvgIpc) is 2.86. The average molecular weight is 505 g/mol. The molecule has 0 fully saturated rings. The fourth-order valence-electron chi connectivity index (χ4n) is 4.03. The summed E-state index contributed by atoms with van der Waals surface area (Å²) in [5, 5.41) is 0. The van der Waals surface area contributed by atoms with Gasteiger partial charge in [-0.2, -0.15) is 0 Å². The van der Waals surface area contributed by atoms with Crippen LogP contribution >= 0.6 is 0 Å². The number of ether oxygens (including phenoxy) is 3. The van der Waals surface area contributed by atoms with Crippen LogP contribution in [-0.4, -0.2) is 31.8 Å². The van der Waals surface area contributed by atoms with Crippen LogP contribution in [0.25, 0.3) is 0 Å². The number of benzene rings is 1. The van der Waals surface area contributed by atoms with Gasteiger partial charge in [0.1, 0.15) is 0 Å². The summed E-state index contributed by atoms with van der Waals surface area (Å²) in [6.45, 7) is 13.3. The molecule has 0 saturated heterocycles. The molecule has 0 radical (unpaired) electrons. The predicted molar refractivity (Wildman–Crippen MR) is 147 cm³/mol. The summed E-state index contributed by atoms with van der Waals surface area (Å²) in [5.74, 6) is -0.613. The second-order valence-corrected chi connectivity index (χ2v) is 11.5. The van der Waals surface area contributed by atoms with Gasteiger partial charge in [-0.05, 0) is 46.1 Å². The number of esters is 2. The molecule has 0 unspecified atom stereocenters. The van der Waals surface area contributed by atoms with Gasteiger partial charge in [-0.1, -0.05) is 95.5 Å². The molecule has 0 atom stereocenters. The van der Waals surface area contributed by atoms with E-state index in [9.17, 15) is 9.59 Å². The highest BCUT2D eigenvalue weighted by molar-refractivity contribution is 5.76. The third kappa shape index (κ3) is 13.4. The van der Waals surface area contributed by atoms with Gasteiger partial charge in [-0.15, -0.1) is 0 Å². The van der Waals surface area contributed by atoms with Gasteiger partial charge in [0, 0.05) is 0 Å². The van der Waals surface area contributed by atoms with Gasteiger partial charge in [-0.3, -0.25) is 9.59 Å². The minimum Gasteiger partial charge on any atom is -0.465 e. The van der Waals surface area contributed by atoms with E-state index in [1.165, 1.54) is 25.7 Å². The molecule has 0 aliphatic heterocycles. The molecule has 0 aliphatic rings. The summed E-state index contributed by atoms with van der Waals surface area (Å²) in [6, 6.07) is 9.95. The van der Waals surface area contributed by atoms with Gasteiger partial charge in [0.15, 0.2) is 0 Å². The zero-order valence-electron chi connectivity index (χ0n) is 23.9. The van der Waals surface area contributed by atoms with E-state index < -0.39 is 10.8 Å². The minimum absolute atomic E-state index is 0.177. The molecule has 5 nitrogen and oxygen atoms in total. The molecule has 0 N–H and O–H groups in total. The quantitative estimate of drug-likeness (QED) is 0.133. The van der Waals surface area contributed by atoms with Crippen molar-refractivity contribution in [2.75, 3.05) is 19.8 Å². The number of carbonyl (C=O) groups is 2. The van der Waals surface area contributed by atoms with Crippen LogP contribution < -0.4 is 0 Å². The van der Waals surface area contributed by atoms with Gasteiger partial charge in [0.2, 0.25) is 0 Å². The highest BCUT2D eigenvalue weighted by Gasteiger charge is 2.31. The Bertz CT molecular complexity index is 686. The molecule has 36 heavy (non-hydrogen) atoms. The maximum Gasteiger partial charge on any atom is 0.311 e. The first-order valence-electron chi connectivity index (χ1n) is 14.1. The Morgan fingerprint density at radius 2 is 1.17 bits per heavy atom. The van der Waals surface area contributed by atoms with Crippen molar-refractivity contribution in [2.24, 2.45) is 16.7 Å². The normalized spacial score (nSPS) is 12.1. The molecule has 0 saturated carbocycles. The maximum atomic E-state index is 12.8. The lowest BCUT2D eigenvalue weighted by atomic mass is 9.87. The summed E-state index contributed by atoms with van der Waals surface area (Å²) in [7, 11) is 0. The summed E-state index contributed by atoms with van der Waals surface area (Å²) < 4.78 is 17.4. The minimum atomic E-state index is -0.527. The zero-order valence-corrected chi connectivity index (χ0v) is 23.9. The molecular formula is C31H52O5. The monoisotopic (exact) mass is 504 g/mol. The lowest BCUT2D eigenvalue weighted by Gasteiger charge is -2.26. The summed E-state index contributed by atoms with van der Waals surface area (Å²) in [4.78, 5) is 25.7. The first kappa shape index (κ1) is 32.1. The van der Waals surface area contributed by atoms with E-state index in [2.05, 4.69) is 13.8 Å². The number of hydrogen-bond acceptors (Lipinski definition) is 5. The van der Waals surface area contributed by atoms with Gasteiger partial charge in [0.05, 0.1) is 43.2 Å². The molecule has 0 bridgehead atoms. The SMILES string of the molecule is CCCCCCC(C)(C)C(=O)OCC(COCc1ccccc1)COC(=O)C(C)(C)CCCCCC. The van der Waals surface area contributed by atoms with Crippen molar-refractivity contribution < 1.29 is 23.8 Å². The van der Waals surface area contributed by atoms with E-state index in [4.69, 9.17) is 14.2 Å². The van der Waals surface area contributed by atoms with Gasteiger partial charge >= 0.3 is 11.9 Å². The Labute approximate surface area is 220 Å². The topological polar surface area (TPSA) is 61.8 Å². The maximum absolute atomic E-state index is 12.8. The van der Waals surface area contributed by atoms with Gasteiger partial charge < -0.3 is 14.2 Å². The highest BCUT2D eigenvalue weighted by Crippen LogP contribution is 2.27. The lowest BCUT2D eigenvalue weighted by molar-refractivity contribution is -0.161. The van der Waals surface area contributed by atoms with Crippen molar-refractivity contribution in [1.82, 2.24) is 0 Å².